The van der Waals surface area contributed by atoms with E-state index in [1.54, 1.807) is 30.6 Å². The van der Waals surface area contributed by atoms with Crippen molar-refractivity contribution in [3.63, 3.8) is 0 Å². The number of aromatic amines is 1. The SMILES string of the molecule is CCI1C(Nc2ccc(SC(F)(F)F)cc2)=Nc2cc(Oc3ccnc(-c4ncc(-c5ccccc5)[nH]4)c3)ccc21. The molecule has 1 aliphatic rings. The molecule has 0 atom stereocenters. The van der Waals surface area contributed by atoms with E-state index in [0.717, 1.165) is 25.2 Å². The fourth-order valence-corrected chi connectivity index (χ4v) is 9.64. The Morgan fingerprint density at radius 1 is 0.927 bits per heavy atom. The number of pyridine rings is 1. The van der Waals surface area contributed by atoms with Crippen LogP contribution in [0.1, 0.15) is 6.92 Å². The van der Waals surface area contributed by atoms with Crippen LogP contribution in [0, 0.1) is 3.57 Å². The number of halogens is 4. The Morgan fingerprint density at radius 2 is 1.71 bits per heavy atom. The zero-order valence-electron chi connectivity index (χ0n) is 21.6. The van der Waals surface area contributed by atoms with Crippen molar-refractivity contribution >= 4 is 46.8 Å². The maximum absolute atomic E-state index is 12.7. The molecule has 0 saturated carbocycles. The monoisotopic (exact) mass is 685 g/mol. The van der Waals surface area contributed by atoms with E-state index < -0.39 is 25.3 Å². The first kappa shape index (κ1) is 27.3. The number of aromatic nitrogens is 3. The van der Waals surface area contributed by atoms with Gasteiger partial charge in [-0.1, -0.05) is 30.3 Å². The molecule has 0 saturated heterocycles. The summed E-state index contributed by atoms with van der Waals surface area (Å²) in [6, 6.07) is 25.8. The van der Waals surface area contributed by atoms with Crippen molar-refractivity contribution in [1.29, 1.82) is 0 Å². The van der Waals surface area contributed by atoms with Gasteiger partial charge in [0, 0.05) is 0 Å². The van der Waals surface area contributed by atoms with E-state index in [1.807, 2.05) is 48.5 Å². The van der Waals surface area contributed by atoms with Crippen LogP contribution < -0.4 is 10.1 Å². The summed E-state index contributed by atoms with van der Waals surface area (Å²) in [5, 5.41) is 3.36. The summed E-state index contributed by atoms with van der Waals surface area (Å²) in [7, 11) is 0. The Kier molecular flexibility index (Phi) is 7.71. The zero-order chi connectivity index (χ0) is 28.4. The quantitative estimate of drug-likeness (QED) is 0.0773. The van der Waals surface area contributed by atoms with Gasteiger partial charge in [-0.25, -0.2) is 0 Å². The molecular weight excluding hydrogens is 662 g/mol. The summed E-state index contributed by atoms with van der Waals surface area (Å²) in [6.45, 7) is 2.14. The molecular formula is C30H23F3IN5OS. The first-order chi connectivity index (χ1) is 19.8. The van der Waals surface area contributed by atoms with E-state index in [4.69, 9.17) is 9.73 Å². The predicted octanol–water partition coefficient (Wildman–Crippen LogP) is 9.35. The number of aliphatic imine (C=N–C) groups is 1. The fourth-order valence-electron chi connectivity index (χ4n) is 4.26. The van der Waals surface area contributed by atoms with E-state index in [9.17, 15) is 13.2 Å². The molecule has 0 amide bonds. The average Bonchev–Trinajstić information content (AvgIpc) is 3.59. The number of imidazole rings is 1. The Morgan fingerprint density at radius 3 is 2.46 bits per heavy atom. The van der Waals surface area contributed by atoms with Crippen LogP contribution in [0.2, 0.25) is 0 Å². The van der Waals surface area contributed by atoms with Crippen LogP contribution in [0.15, 0.2) is 107 Å². The Labute approximate surface area is 245 Å². The van der Waals surface area contributed by atoms with Gasteiger partial charge in [-0.2, -0.15) is 0 Å². The van der Waals surface area contributed by atoms with Gasteiger partial charge in [-0.3, -0.25) is 0 Å². The van der Waals surface area contributed by atoms with E-state index >= 15 is 0 Å². The zero-order valence-corrected chi connectivity index (χ0v) is 24.6. The summed E-state index contributed by atoms with van der Waals surface area (Å²) in [5.74, 6) is 1.91. The summed E-state index contributed by atoms with van der Waals surface area (Å²) >= 11 is -1.92. The molecule has 6 rings (SSSR count). The molecule has 11 heteroatoms. The molecule has 3 aromatic carbocycles. The van der Waals surface area contributed by atoms with Crippen molar-refractivity contribution in [2.24, 2.45) is 4.99 Å². The van der Waals surface area contributed by atoms with Crippen molar-refractivity contribution in [2.45, 2.75) is 17.3 Å². The van der Waals surface area contributed by atoms with Gasteiger partial charge in [0.1, 0.15) is 0 Å². The third kappa shape index (κ3) is 6.41. The second-order valence-corrected chi connectivity index (χ2v) is 15.7. The van der Waals surface area contributed by atoms with Gasteiger partial charge in [0.2, 0.25) is 0 Å². The van der Waals surface area contributed by atoms with Gasteiger partial charge in [0.15, 0.2) is 0 Å². The van der Waals surface area contributed by atoms with Gasteiger partial charge in [-0.15, -0.1) is 0 Å². The normalized spacial score (nSPS) is 13.6. The van der Waals surface area contributed by atoms with E-state index in [-0.39, 0.29) is 16.7 Å². The number of H-pyrrole nitrogens is 1. The predicted molar refractivity (Wildman–Crippen MR) is 166 cm³/mol. The van der Waals surface area contributed by atoms with E-state index in [2.05, 4.69) is 33.3 Å². The third-order valence-electron chi connectivity index (χ3n) is 6.07. The number of benzene rings is 3. The maximum atomic E-state index is 12.7. The Balaban J connectivity index is 1.18. The van der Waals surface area contributed by atoms with Crippen LogP contribution in [-0.2, 0) is 0 Å². The van der Waals surface area contributed by atoms with Crippen molar-refractivity contribution in [2.75, 3.05) is 9.74 Å². The number of hydrogen-bond acceptors (Lipinski definition) is 6. The second-order valence-electron chi connectivity index (χ2n) is 8.83. The van der Waals surface area contributed by atoms with Crippen molar-refractivity contribution in [3.05, 3.63) is 101 Å². The molecule has 208 valence electrons. The Hall–Kier alpha value is -3.84. The van der Waals surface area contributed by atoms with Crippen molar-refractivity contribution in [1.82, 2.24) is 15.0 Å². The number of nitrogens with one attached hydrogen (secondary N) is 2. The van der Waals surface area contributed by atoms with Crippen molar-refractivity contribution < 1.29 is 17.9 Å². The van der Waals surface area contributed by atoms with Crippen LogP contribution in [0.5, 0.6) is 11.5 Å². The van der Waals surface area contributed by atoms with Gasteiger partial charge in [0.25, 0.3) is 0 Å². The van der Waals surface area contributed by atoms with Crippen LogP contribution in [-0.4, -0.2) is 28.7 Å². The van der Waals surface area contributed by atoms with Gasteiger partial charge in [0.05, 0.1) is 0 Å². The number of anilines is 1. The standard InChI is InChI=1S/C30H23F3IN5OS/c1-2-34-24-13-10-21(16-25(24)39-29(34)37-20-8-11-23(12-9-20)41-30(31,32)33)40-22-14-15-35-26(17-22)28-36-18-27(38-28)19-6-4-3-5-7-19/h3-18H,2H2,1H3,(H,36,38)(H,37,39). The molecule has 41 heavy (non-hydrogen) atoms. The van der Waals surface area contributed by atoms with Crippen LogP contribution in [0.3, 0.4) is 0 Å². The van der Waals surface area contributed by atoms with Gasteiger partial charge < -0.3 is 0 Å². The number of ether oxygens (including phenoxy) is 1. The molecule has 2 N–H and O–H groups in total. The summed E-state index contributed by atoms with van der Waals surface area (Å²) in [5.41, 5.74) is -0.134. The first-order valence-electron chi connectivity index (χ1n) is 12.6. The van der Waals surface area contributed by atoms with Crippen molar-refractivity contribution in [3.8, 4) is 34.3 Å². The molecule has 0 aliphatic carbocycles. The summed E-state index contributed by atoms with van der Waals surface area (Å²) < 4.78 is 47.3. The first-order valence-corrected chi connectivity index (χ1v) is 17.1. The molecule has 5 aromatic rings. The molecule has 6 nitrogen and oxygen atoms in total. The molecule has 3 heterocycles. The molecule has 0 fully saturated rings. The number of alkyl halides is 4. The Bertz CT molecular complexity index is 1710. The summed E-state index contributed by atoms with van der Waals surface area (Å²) in [4.78, 5) is 17.3. The molecule has 0 unspecified atom stereocenters. The molecule has 0 bridgehead atoms. The number of rotatable bonds is 7. The number of hydrogen-bond donors (Lipinski definition) is 2. The topological polar surface area (TPSA) is 75.2 Å². The van der Waals surface area contributed by atoms with Crippen LogP contribution >= 0.6 is 31.6 Å². The minimum atomic E-state index is -4.31. The van der Waals surface area contributed by atoms with Gasteiger partial charge in [-0.05, 0) is 0 Å². The van der Waals surface area contributed by atoms with Gasteiger partial charge >= 0.3 is 217 Å². The average molecular weight is 686 g/mol. The third-order valence-corrected chi connectivity index (χ3v) is 12.4. The summed E-state index contributed by atoms with van der Waals surface area (Å²) in [6.07, 6.45) is 3.47. The number of thioether (sulfide) groups is 1. The number of nitrogens with zero attached hydrogens (tertiary/aromatic N) is 3. The molecule has 2 aromatic heterocycles. The molecule has 0 spiro atoms. The van der Waals surface area contributed by atoms with Crippen LogP contribution in [0.25, 0.3) is 22.8 Å². The van der Waals surface area contributed by atoms with E-state index in [0.29, 0.717) is 28.7 Å². The van der Waals surface area contributed by atoms with E-state index in [1.165, 1.54) is 15.7 Å². The number of amidine groups is 1. The van der Waals surface area contributed by atoms with Crippen LogP contribution in [0.4, 0.5) is 24.5 Å². The molecule has 0 radical (unpaired) electrons. The second kappa shape index (κ2) is 11.6. The number of fused-ring (bicyclic) bond motifs is 1. The fraction of sp³-hybridized carbons (Fsp3) is 0.100. The minimum absolute atomic E-state index is 0.122. The molecule has 1 aliphatic heterocycles.